The fourth-order valence-electron chi connectivity index (χ4n) is 10.9. The Morgan fingerprint density at radius 3 is 2.24 bits per heavy atom. The number of carboxylic acids is 1. The van der Waals surface area contributed by atoms with Gasteiger partial charge in [0.15, 0.2) is 0 Å². The second-order valence-electron chi connectivity index (χ2n) is 14.6. The summed E-state index contributed by atoms with van der Waals surface area (Å²) in [6.45, 7) is 16.3. The van der Waals surface area contributed by atoms with E-state index in [-0.39, 0.29) is 28.1 Å². The Balaban J connectivity index is 1.64. The third-order valence-electron chi connectivity index (χ3n) is 13.4. The highest BCUT2D eigenvalue weighted by molar-refractivity contribution is 5.76. The molecule has 0 amide bonds. The monoisotopic (exact) mass is 472 g/mol. The Kier molecular flexibility index (Phi) is 5.36. The summed E-state index contributed by atoms with van der Waals surface area (Å²) in [6, 6.07) is 0. The Morgan fingerprint density at radius 2 is 1.59 bits per heavy atom. The minimum atomic E-state index is -1.16. The van der Waals surface area contributed by atoms with Gasteiger partial charge in [0.05, 0.1) is 17.6 Å². The normalized spacial score (nSPS) is 59.1. The van der Waals surface area contributed by atoms with E-state index in [4.69, 9.17) is 0 Å². The summed E-state index contributed by atoms with van der Waals surface area (Å²) in [5, 5.41) is 33.1. The van der Waals surface area contributed by atoms with Gasteiger partial charge in [-0.05, 0) is 104 Å². The Bertz CT molecular complexity index is 911. The summed E-state index contributed by atoms with van der Waals surface area (Å²) in [7, 11) is 0. The van der Waals surface area contributed by atoms with Gasteiger partial charge in [0.2, 0.25) is 0 Å². The van der Waals surface area contributed by atoms with E-state index in [1.807, 2.05) is 0 Å². The summed E-state index contributed by atoms with van der Waals surface area (Å²) < 4.78 is 0. The van der Waals surface area contributed by atoms with Crippen LogP contribution in [0.15, 0.2) is 11.6 Å². The average molecular weight is 473 g/mol. The predicted molar refractivity (Wildman–Crippen MR) is 134 cm³/mol. The van der Waals surface area contributed by atoms with Gasteiger partial charge in [-0.15, -0.1) is 0 Å². The molecule has 2 unspecified atom stereocenters. The lowest BCUT2D eigenvalue weighted by molar-refractivity contribution is -0.233. The van der Waals surface area contributed by atoms with Gasteiger partial charge in [0, 0.05) is 5.92 Å². The standard InChI is InChI=1S/C30H48O4/c1-17-8-11-26(3)14-15-28(5)19(23(26)18(17)2)16-20(31)24-27(4)12-10-22(32)30(7,25(33)34)21(27)9-13-29(24,28)6/h16-18,20-24,31-32H,8-15H2,1-7H3,(H,33,34)/t17-,18+,20?,21-,22-,23+,24-,26-,27+,28-,29?,30-/m1/s1. The van der Waals surface area contributed by atoms with E-state index in [9.17, 15) is 20.1 Å². The molecule has 0 radical (unpaired) electrons. The molecule has 0 aromatic rings. The van der Waals surface area contributed by atoms with E-state index in [0.717, 1.165) is 25.7 Å². The van der Waals surface area contributed by atoms with Gasteiger partial charge in [0.1, 0.15) is 0 Å². The van der Waals surface area contributed by atoms with Gasteiger partial charge in [-0.2, -0.15) is 0 Å². The van der Waals surface area contributed by atoms with Gasteiger partial charge in [-0.3, -0.25) is 4.79 Å². The van der Waals surface area contributed by atoms with Crippen molar-refractivity contribution < 1.29 is 20.1 Å². The number of aliphatic hydroxyl groups excluding tert-OH is 2. The molecule has 0 aromatic heterocycles. The van der Waals surface area contributed by atoms with Crippen LogP contribution in [0.4, 0.5) is 0 Å². The number of hydrogen-bond acceptors (Lipinski definition) is 3. The summed E-state index contributed by atoms with van der Waals surface area (Å²) in [5.41, 5.74) is 0.317. The number of aliphatic carboxylic acids is 1. The Hall–Kier alpha value is -0.870. The van der Waals surface area contributed by atoms with Crippen LogP contribution in [-0.2, 0) is 4.79 Å². The number of aliphatic hydroxyl groups is 2. The molecule has 4 heteroatoms. The van der Waals surface area contributed by atoms with Crippen molar-refractivity contribution in [3.8, 4) is 0 Å². The zero-order chi connectivity index (χ0) is 25.1. The molecule has 34 heavy (non-hydrogen) atoms. The first-order valence-corrected chi connectivity index (χ1v) is 14.0. The van der Waals surface area contributed by atoms with Crippen LogP contribution in [0.2, 0.25) is 0 Å². The molecular weight excluding hydrogens is 424 g/mol. The largest absolute Gasteiger partial charge is 0.481 e. The smallest absolute Gasteiger partial charge is 0.312 e. The Labute approximate surface area is 206 Å². The fraction of sp³-hybridized carbons (Fsp3) is 0.900. The van der Waals surface area contributed by atoms with Gasteiger partial charge in [-0.1, -0.05) is 53.2 Å². The van der Waals surface area contributed by atoms with Crippen molar-refractivity contribution in [2.45, 2.75) is 112 Å². The zero-order valence-corrected chi connectivity index (χ0v) is 22.5. The van der Waals surface area contributed by atoms with E-state index in [2.05, 4.69) is 47.6 Å². The van der Waals surface area contributed by atoms with Crippen molar-refractivity contribution >= 4 is 5.97 Å². The maximum absolute atomic E-state index is 12.5. The second-order valence-corrected chi connectivity index (χ2v) is 14.6. The molecule has 0 spiro atoms. The lowest BCUT2D eigenvalue weighted by Gasteiger charge is -2.72. The molecule has 3 N–H and O–H groups in total. The topological polar surface area (TPSA) is 77.8 Å². The molecule has 0 aromatic carbocycles. The summed E-state index contributed by atoms with van der Waals surface area (Å²) in [5.74, 6) is 0.836. The number of fused-ring (bicyclic) bond motifs is 7. The number of hydrogen-bond donors (Lipinski definition) is 3. The molecule has 0 bridgehead atoms. The maximum atomic E-state index is 12.5. The maximum Gasteiger partial charge on any atom is 0.312 e. The molecule has 12 atom stereocenters. The van der Waals surface area contributed by atoms with Crippen LogP contribution >= 0.6 is 0 Å². The molecule has 0 saturated heterocycles. The van der Waals surface area contributed by atoms with Gasteiger partial charge in [-0.25, -0.2) is 0 Å². The third kappa shape index (κ3) is 2.76. The van der Waals surface area contributed by atoms with Crippen LogP contribution in [0.1, 0.15) is 99.8 Å². The first-order valence-electron chi connectivity index (χ1n) is 14.0. The number of carboxylic acid groups (broad SMARTS) is 1. The van der Waals surface area contributed by atoms with Gasteiger partial charge < -0.3 is 15.3 Å². The van der Waals surface area contributed by atoms with Crippen molar-refractivity contribution in [3.63, 3.8) is 0 Å². The molecule has 192 valence electrons. The summed E-state index contributed by atoms with van der Waals surface area (Å²) in [4.78, 5) is 12.5. The summed E-state index contributed by atoms with van der Waals surface area (Å²) in [6.07, 6.45) is 8.88. The highest BCUT2D eigenvalue weighted by Gasteiger charge is 2.71. The van der Waals surface area contributed by atoms with Crippen molar-refractivity contribution in [2.75, 3.05) is 0 Å². The number of rotatable bonds is 1. The minimum absolute atomic E-state index is 0.0133. The van der Waals surface area contributed by atoms with E-state index in [0.29, 0.717) is 29.6 Å². The van der Waals surface area contributed by atoms with Crippen LogP contribution in [0.3, 0.4) is 0 Å². The van der Waals surface area contributed by atoms with Crippen molar-refractivity contribution in [1.29, 1.82) is 0 Å². The summed E-state index contributed by atoms with van der Waals surface area (Å²) >= 11 is 0. The van der Waals surface area contributed by atoms with Crippen molar-refractivity contribution in [2.24, 2.45) is 56.7 Å². The predicted octanol–water partition coefficient (Wildman–Crippen LogP) is 6.06. The van der Waals surface area contributed by atoms with Gasteiger partial charge >= 0.3 is 5.97 Å². The third-order valence-corrected chi connectivity index (χ3v) is 13.4. The zero-order valence-electron chi connectivity index (χ0n) is 22.5. The molecular formula is C30H48O4. The molecule has 4 fully saturated rings. The van der Waals surface area contributed by atoms with Crippen LogP contribution in [0.25, 0.3) is 0 Å². The molecule has 4 nitrogen and oxygen atoms in total. The van der Waals surface area contributed by atoms with Crippen LogP contribution in [0, 0.1) is 56.7 Å². The quantitative estimate of drug-likeness (QED) is 0.405. The molecule has 5 aliphatic rings. The molecule has 4 saturated carbocycles. The van der Waals surface area contributed by atoms with E-state index in [1.165, 1.54) is 24.8 Å². The average Bonchev–Trinajstić information content (AvgIpc) is 2.75. The first-order chi connectivity index (χ1) is 15.7. The lowest BCUT2D eigenvalue weighted by Crippen LogP contribution is -2.68. The molecule has 5 rings (SSSR count). The SMILES string of the molecule is C[C@H]1[C@H](C)CC[C@]2(C)CC[C@]3(C)C(=CC(O)[C@H]4C3(C)CC[C@@H]3[C@]4(C)CC[C@@H](O)[C@]3(C)C(=O)O)[C@H]12. The highest BCUT2D eigenvalue weighted by atomic mass is 16.4. The first kappa shape index (κ1) is 24.8. The Morgan fingerprint density at radius 1 is 0.912 bits per heavy atom. The number of carbonyl (C=O) groups is 1. The highest BCUT2D eigenvalue weighted by Crippen LogP contribution is 2.75. The van der Waals surface area contributed by atoms with E-state index in [1.54, 1.807) is 6.92 Å². The number of allylic oxidation sites excluding steroid dienone is 1. The van der Waals surface area contributed by atoms with Crippen LogP contribution in [-0.4, -0.2) is 33.5 Å². The van der Waals surface area contributed by atoms with E-state index < -0.39 is 23.6 Å². The van der Waals surface area contributed by atoms with Crippen LogP contribution in [0.5, 0.6) is 0 Å². The molecule has 0 aliphatic heterocycles. The van der Waals surface area contributed by atoms with Crippen molar-refractivity contribution in [1.82, 2.24) is 0 Å². The molecule has 0 heterocycles. The fourth-order valence-corrected chi connectivity index (χ4v) is 10.9. The van der Waals surface area contributed by atoms with Gasteiger partial charge in [0.25, 0.3) is 0 Å². The second kappa shape index (κ2) is 7.34. The lowest BCUT2D eigenvalue weighted by atomic mass is 9.33. The van der Waals surface area contributed by atoms with Crippen LogP contribution < -0.4 is 0 Å². The minimum Gasteiger partial charge on any atom is -0.481 e. The van der Waals surface area contributed by atoms with E-state index >= 15 is 0 Å². The molecule has 5 aliphatic carbocycles. The van der Waals surface area contributed by atoms with Crippen molar-refractivity contribution in [3.05, 3.63) is 11.6 Å².